The SMILES string of the molecule is O=C(O)c1cccc(N=Nc2c(-c3ccccc3)[nH]n(-c3nc(-c4ccccc4)cs3)c2=O)c1. The third kappa shape index (κ3) is 4.19. The molecule has 0 amide bonds. The minimum Gasteiger partial charge on any atom is -0.478 e. The summed E-state index contributed by atoms with van der Waals surface area (Å²) in [6.07, 6.45) is 0. The fourth-order valence-corrected chi connectivity index (χ4v) is 4.17. The van der Waals surface area contributed by atoms with Crippen LogP contribution in [-0.2, 0) is 0 Å². The molecule has 8 nitrogen and oxygen atoms in total. The van der Waals surface area contributed by atoms with Gasteiger partial charge in [0.1, 0.15) is 0 Å². The number of H-pyrrole nitrogens is 1. The zero-order chi connectivity index (χ0) is 23.5. The summed E-state index contributed by atoms with van der Waals surface area (Å²) in [6, 6.07) is 25.1. The monoisotopic (exact) mass is 467 g/mol. The van der Waals surface area contributed by atoms with E-state index in [1.165, 1.54) is 28.2 Å². The molecule has 5 aromatic rings. The summed E-state index contributed by atoms with van der Waals surface area (Å²) in [7, 11) is 0. The van der Waals surface area contributed by atoms with E-state index >= 15 is 0 Å². The Bertz CT molecular complexity index is 1550. The van der Waals surface area contributed by atoms with E-state index in [2.05, 4.69) is 20.3 Å². The Hall–Kier alpha value is -4.63. The highest BCUT2D eigenvalue weighted by molar-refractivity contribution is 7.12. The highest BCUT2D eigenvalue weighted by Crippen LogP contribution is 2.30. The molecule has 0 saturated carbocycles. The molecule has 0 bridgehead atoms. The van der Waals surface area contributed by atoms with Crippen LogP contribution in [0, 0.1) is 0 Å². The summed E-state index contributed by atoms with van der Waals surface area (Å²) in [5.74, 6) is -1.07. The number of benzene rings is 3. The minimum atomic E-state index is -1.07. The number of hydrogen-bond donors (Lipinski definition) is 2. The molecule has 166 valence electrons. The fraction of sp³-hybridized carbons (Fsp3) is 0. The second kappa shape index (κ2) is 9.08. The lowest BCUT2D eigenvalue weighted by Gasteiger charge is -1.99. The first-order valence-corrected chi connectivity index (χ1v) is 11.1. The van der Waals surface area contributed by atoms with Crippen molar-refractivity contribution < 1.29 is 9.90 Å². The summed E-state index contributed by atoms with van der Waals surface area (Å²) in [5.41, 5.74) is 3.05. The van der Waals surface area contributed by atoms with Crippen LogP contribution >= 0.6 is 11.3 Å². The third-order valence-electron chi connectivity index (χ3n) is 5.04. The van der Waals surface area contributed by atoms with Crippen molar-refractivity contribution in [2.45, 2.75) is 0 Å². The Balaban J connectivity index is 1.59. The second-order valence-corrected chi connectivity index (χ2v) is 8.12. The molecule has 0 aliphatic carbocycles. The first-order chi connectivity index (χ1) is 16.6. The number of aromatic carboxylic acids is 1. The van der Waals surface area contributed by atoms with Crippen LogP contribution in [0.2, 0.25) is 0 Å². The van der Waals surface area contributed by atoms with Crippen molar-refractivity contribution in [1.82, 2.24) is 14.8 Å². The molecule has 5 rings (SSSR count). The molecule has 0 fully saturated rings. The number of nitrogens with zero attached hydrogens (tertiary/aromatic N) is 4. The molecule has 0 radical (unpaired) electrons. The van der Waals surface area contributed by atoms with Gasteiger partial charge in [-0.25, -0.2) is 9.78 Å². The van der Waals surface area contributed by atoms with Crippen LogP contribution in [0.15, 0.2) is 105 Å². The Kier molecular flexibility index (Phi) is 5.67. The Labute approximate surface area is 197 Å². The predicted molar refractivity (Wildman–Crippen MR) is 131 cm³/mol. The Morgan fingerprint density at radius 2 is 1.62 bits per heavy atom. The van der Waals surface area contributed by atoms with Gasteiger partial charge < -0.3 is 5.11 Å². The van der Waals surface area contributed by atoms with Crippen LogP contribution < -0.4 is 5.56 Å². The van der Waals surface area contributed by atoms with Crippen molar-refractivity contribution in [1.29, 1.82) is 0 Å². The van der Waals surface area contributed by atoms with Gasteiger partial charge in [0.15, 0.2) is 5.69 Å². The van der Waals surface area contributed by atoms with Gasteiger partial charge in [-0.1, -0.05) is 66.7 Å². The van der Waals surface area contributed by atoms with E-state index < -0.39 is 11.5 Å². The molecule has 2 N–H and O–H groups in total. The normalized spacial score (nSPS) is 11.2. The van der Waals surface area contributed by atoms with Crippen LogP contribution in [0.1, 0.15) is 10.4 Å². The van der Waals surface area contributed by atoms with Crippen LogP contribution in [0.5, 0.6) is 0 Å². The molecule has 9 heteroatoms. The summed E-state index contributed by atoms with van der Waals surface area (Å²) >= 11 is 1.33. The molecule has 0 unspecified atom stereocenters. The summed E-state index contributed by atoms with van der Waals surface area (Å²) < 4.78 is 1.35. The lowest BCUT2D eigenvalue weighted by molar-refractivity contribution is 0.0697. The molecule has 0 atom stereocenters. The van der Waals surface area contributed by atoms with Crippen molar-refractivity contribution >= 4 is 28.7 Å². The number of hydrogen-bond acceptors (Lipinski definition) is 6. The molecule has 0 aliphatic rings. The van der Waals surface area contributed by atoms with Crippen molar-refractivity contribution in [2.24, 2.45) is 10.2 Å². The van der Waals surface area contributed by atoms with E-state index in [9.17, 15) is 14.7 Å². The van der Waals surface area contributed by atoms with Gasteiger partial charge in [0, 0.05) is 16.5 Å². The number of nitrogens with one attached hydrogen (secondary N) is 1. The molecule has 2 heterocycles. The number of rotatable bonds is 6. The van der Waals surface area contributed by atoms with E-state index in [-0.39, 0.29) is 11.3 Å². The Morgan fingerprint density at radius 3 is 2.32 bits per heavy atom. The average Bonchev–Trinajstić information content (AvgIpc) is 3.49. The number of aromatic amines is 1. The molecular weight excluding hydrogens is 450 g/mol. The van der Waals surface area contributed by atoms with Gasteiger partial charge in [0.2, 0.25) is 5.13 Å². The van der Waals surface area contributed by atoms with Crippen LogP contribution in [-0.4, -0.2) is 25.8 Å². The quantitative estimate of drug-likeness (QED) is 0.295. The first-order valence-electron chi connectivity index (χ1n) is 10.3. The third-order valence-corrected chi connectivity index (χ3v) is 5.87. The maximum atomic E-state index is 13.4. The molecule has 2 aromatic heterocycles. The van der Waals surface area contributed by atoms with Gasteiger partial charge >= 0.3 is 11.5 Å². The number of azo groups is 1. The maximum Gasteiger partial charge on any atom is 0.335 e. The summed E-state index contributed by atoms with van der Waals surface area (Å²) in [5, 5.41) is 23.0. The van der Waals surface area contributed by atoms with E-state index in [4.69, 9.17) is 0 Å². The molecule has 0 saturated heterocycles. The average molecular weight is 468 g/mol. The zero-order valence-electron chi connectivity index (χ0n) is 17.6. The first kappa shape index (κ1) is 21.2. The van der Waals surface area contributed by atoms with Crippen molar-refractivity contribution in [2.75, 3.05) is 0 Å². The van der Waals surface area contributed by atoms with Crippen molar-refractivity contribution in [3.05, 3.63) is 106 Å². The van der Waals surface area contributed by atoms with Gasteiger partial charge in [0.25, 0.3) is 0 Å². The minimum absolute atomic E-state index is 0.0856. The number of thiazole rings is 1. The molecular formula is C25H17N5O3S. The predicted octanol–water partition coefficient (Wildman–Crippen LogP) is 6.07. The molecule has 0 spiro atoms. The largest absolute Gasteiger partial charge is 0.478 e. The number of carboxylic acids is 1. The van der Waals surface area contributed by atoms with E-state index in [1.807, 2.05) is 66.0 Å². The topological polar surface area (TPSA) is 113 Å². The van der Waals surface area contributed by atoms with Crippen molar-refractivity contribution in [3.63, 3.8) is 0 Å². The van der Waals surface area contributed by atoms with Crippen LogP contribution in [0.4, 0.5) is 11.4 Å². The molecule has 0 aliphatic heterocycles. The number of aromatic nitrogens is 3. The number of carbonyl (C=O) groups is 1. The zero-order valence-corrected chi connectivity index (χ0v) is 18.4. The van der Waals surface area contributed by atoms with Gasteiger partial charge in [-0.2, -0.15) is 9.80 Å². The fourth-order valence-electron chi connectivity index (χ4n) is 3.38. The van der Waals surface area contributed by atoms with Crippen LogP contribution in [0.3, 0.4) is 0 Å². The number of carboxylic acid groups (broad SMARTS) is 1. The molecule has 3 aromatic carbocycles. The highest BCUT2D eigenvalue weighted by atomic mass is 32.1. The standard InChI is InChI=1S/C25H17N5O3S/c31-23-22(28-27-19-13-7-12-18(14-19)24(32)33)21(17-10-5-2-6-11-17)29-30(23)25-26-20(15-34-25)16-8-3-1-4-9-16/h1-15,29H,(H,32,33). The summed E-state index contributed by atoms with van der Waals surface area (Å²) in [4.78, 5) is 29.2. The van der Waals surface area contributed by atoms with Gasteiger partial charge in [-0.05, 0) is 18.2 Å². The smallest absolute Gasteiger partial charge is 0.335 e. The van der Waals surface area contributed by atoms with Gasteiger partial charge in [-0.3, -0.25) is 9.89 Å². The lowest BCUT2D eigenvalue weighted by atomic mass is 10.1. The summed E-state index contributed by atoms with van der Waals surface area (Å²) in [6.45, 7) is 0. The lowest BCUT2D eigenvalue weighted by Crippen LogP contribution is -2.13. The van der Waals surface area contributed by atoms with Crippen LogP contribution in [0.25, 0.3) is 27.6 Å². The highest BCUT2D eigenvalue weighted by Gasteiger charge is 2.19. The maximum absolute atomic E-state index is 13.4. The molecule has 34 heavy (non-hydrogen) atoms. The van der Waals surface area contributed by atoms with E-state index in [0.29, 0.717) is 16.5 Å². The van der Waals surface area contributed by atoms with Gasteiger partial charge in [0.05, 0.1) is 22.6 Å². The van der Waals surface area contributed by atoms with E-state index in [1.54, 1.807) is 12.1 Å². The Morgan fingerprint density at radius 1 is 0.912 bits per heavy atom. The van der Waals surface area contributed by atoms with E-state index in [0.717, 1.165) is 16.8 Å². The second-order valence-electron chi connectivity index (χ2n) is 7.28. The van der Waals surface area contributed by atoms with Crippen molar-refractivity contribution in [3.8, 4) is 27.6 Å². The van der Waals surface area contributed by atoms with Gasteiger partial charge in [-0.15, -0.1) is 16.5 Å².